The van der Waals surface area contributed by atoms with Crippen molar-refractivity contribution in [2.75, 3.05) is 26.7 Å². The van der Waals surface area contributed by atoms with Gasteiger partial charge in [0, 0.05) is 42.2 Å². The fourth-order valence-corrected chi connectivity index (χ4v) is 4.55. The summed E-state index contributed by atoms with van der Waals surface area (Å²) in [5.41, 5.74) is 4.47. The maximum absolute atomic E-state index is 13.4. The summed E-state index contributed by atoms with van der Waals surface area (Å²) >= 11 is 0. The van der Waals surface area contributed by atoms with Crippen LogP contribution in [0.25, 0.3) is 16.5 Å². The van der Waals surface area contributed by atoms with Crippen LogP contribution >= 0.6 is 0 Å². The maximum Gasteiger partial charge on any atom is 0.235 e. The van der Waals surface area contributed by atoms with Crippen LogP contribution in [-0.4, -0.2) is 53.2 Å². The fourth-order valence-electron chi connectivity index (χ4n) is 4.55. The molecule has 1 aromatic carbocycles. The number of likely N-dealkylation sites (N-methyl/N-ethyl adjacent to an activating group) is 1. The van der Waals surface area contributed by atoms with E-state index in [-0.39, 0.29) is 22.5 Å². The Kier molecular flexibility index (Phi) is 3.74. The number of quaternary nitrogens is 1. The molecule has 2 aromatic rings. The Balaban J connectivity index is 1.84. The van der Waals surface area contributed by atoms with Gasteiger partial charge in [0.25, 0.3) is 0 Å². The third kappa shape index (κ3) is 2.41. The van der Waals surface area contributed by atoms with Crippen LogP contribution in [0.5, 0.6) is 0 Å². The second-order valence-electron chi connectivity index (χ2n) is 7.36. The second-order valence-corrected chi connectivity index (χ2v) is 7.36. The van der Waals surface area contributed by atoms with Crippen molar-refractivity contribution in [1.82, 2.24) is 9.88 Å². The van der Waals surface area contributed by atoms with Gasteiger partial charge in [0.1, 0.15) is 12.0 Å². The molecule has 0 saturated carbocycles. The number of hydrogen-bond acceptors (Lipinski definition) is 2. The minimum Gasteiger partial charge on any atom is -0.633 e. The number of benzene rings is 1. The molecule has 1 aromatic heterocycles. The summed E-state index contributed by atoms with van der Waals surface area (Å²) in [5, 5.41) is 14.6. The molecule has 1 amide bonds. The minimum absolute atomic E-state index is 0.0724. The molecule has 1 aliphatic carbocycles. The summed E-state index contributed by atoms with van der Waals surface area (Å²) in [6.45, 7) is 5.65. The molecule has 5 nitrogen and oxygen atoms in total. The molecule has 0 radical (unpaired) electrons. The average molecular weight is 339 g/mol. The lowest BCUT2D eigenvalue weighted by Crippen LogP contribution is -2.56. The molecule has 4 rings (SSSR count). The molecule has 25 heavy (non-hydrogen) atoms. The quantitative estimate of drug-likeness (QED) is 0.690. The molecule has 5 heteroatoms. The van der Waals surface area contributed by atoms with Gasteiger partial charge in [-0.2, -0.15) is 0 Å². The number of nitrogens with zero attached hydrogens (tertiary/aromatic N) is 2. The highest BCUT2D eigenvalue weighted by Crippen LogP contribution is 2.43. The number of rotatable bonds is 3. The van der Waals surface area contributed by atoms with Crippen molar-refractivity contribution < 1.29 is 9.44 Å². The lowest BCUT2D eigenvalue weighted by Gasteiger charge is -2.51. The molecule has 0 saturated heterocycles. The predicted octanol–water partition coefficient (Wildman–Crippen LogP) is 2.92. The number of aromatic amines is 1. The monoisotopic (exact) mass is 339 g/mol. The molecule has 1 N–H and O–H groups in total. The van der Waals surface area contributed by atoms with Gasteiger partial charge in [-0.3, -0.25) is 4.79 Å². The number of aromatic nitrogens is 1. The molecule has 3 atom stereocenters. The van der Waals surface area contributed by atoms with E-state index in [0.717, 1.165) is 23.1 Å². The van der Waals surface area contributed by atoms with Gasteiger partial charge < -0.3 is 19.7 Å². The lowest BCUT2D eigenvalue weighted by atomic mass is 9.79. The number of fused-ring (bicyclic) bond motifs is 2. The summed E-state index contributed by atoms with van der Waals surface area (Å²) in [7, 11) is 1.72. The highest BCUT2D eigenvalue weighted by molar-refractivity contribution is 5.99. The molecule has 2 aliphatic rings. The number of H-pyrrole nitrogens is 1. The SMILES string of the molecule is CCN(CC)C(=O)[C@@H]1C=C2c3cccc4[nH]cc(c34)C[C@H]2[N+](C)([O-])C1. The van der Waals surface area contributed by atoms with E-state index >= 15 is 0 Å². The van der Waals surface area contributed by atoms with Crippen molar-refractivity contribution in [2.45, 2.75) is 26.3 Å². The van der Waals surface area contributed by atoms with Gasteiger partial charge in [0.05, 0.1) is 13.6 Å². The molecule has 2 heterocycles. The van der Waals surface area contributed by atoms with Crippen molar-refractivity contribution in [3.8, 4) is 0 Å². The van der Waals surface area contributed by atoms with E-state index in [1.165, 1.54) is 10.9 Å². The Labute approximate surface area is 148 Å². The van der Waals surface area contributed by atoms with Gasteiger partial charge in [-0.15, -0.1) is 0 Å². The van der Waals surface area contributed by atoms with Crippen molar-refractivity contribution in [2.24, 2.45) is 5.92 Å². The molecule has 1 aliphatic heterocycles. The van der Waals surface area contributed by atoms with E-state index in [1.54, 1.807) is 7.05 Å². The Morgan fingerprint density at radius 1 is 1.36 bits per heavy atom. The molecular formula is C20H25N3O2. The van der Waals surface area contributed by atoms with Gasteiger partial charge in [-0.25, -0.2) is 0 Å². The van der Waals surface area contributed by atoms with Crippen LogP contribution in [0.2, 0.25) is 0 Å². The van der Waals surface area contributed by atoms with E-state index in [2.05, 4.69) is 23.2 Å². The first-order valence-electron chi connectivity index (χ1n) is 9.12. The van der Waals surface area contributed by atoms with Crippen molar-refractivity contribution in [3.63, 3.8) is 0 Å². The molecule has 0 bridgehead atoms. The zero-order valence-electron chi connectivity index (χ0n) is 15.1. The smallest absolute Gasteiger partial charge is 0.235 e. The fraction of sp³-hybridized carbons (Fsp3) is 0.450. The maximum atomic E-state index is 13.4. The van der Waals surface area contributed by atoms with E-state index in [1.807, 2.05) is 31.0 Å². The van der Waals surface area contributed by atoms with Crippen LogP contribution in [0.4, 0.5) is 0 Å². The van der Waals surface area contributed by atoms with Gasteiger partial charge in [-0.05, 0) is 31.0 Å². The lowest BCUT2D eigenvalue weighted by molar-refractivity contribution is -0.880. The average Bonchev–Trinajstić information content (AvgIpc) is 3.01. The van der Waals surface area contributed by atoms with Crippen LogP contribution in [0.1, 0.15) is 25.0 Å². The summed E-state index contributed by atoms with van der Waals surface area (Å²) in [6.07, 6.45) is 4.83. The minimum atomic E-state index is -0.384. The number of carbonyl (C=O) groups excluding carboxylic acids is 1. The van der Waals surface area contributed by atoms with Gasteiger partial charge in [0.15, 0.2) is 0 Å². The molecule has 1 unspecified atom stereocenters. The van der Waals surface area contributed by atoms with Crippen LogP contribution in [0.3, 0.4) is 0 Å². The second kappa shape index (κ2) is 5.71. The summed E-state index contributed by atoms with van der Waals surface area (Å²) in [4.78, 5) is 18.0. The van der Waals surface area contributed by atoms with Gasteiger partial charge in [-0.1, -0.05) is 18.2 Å². The third-order valence-electron chi connectivity index (χ3n) is 5.86. The Morgan fingerprint density at radius 3 is 2.84 bits per heavy atom. The Hall–Kier alpha value is -2.11. The van der Waals surface area contributed by atoms with Crippen molar-refractivity contribution in [1.29, 1.82) is 0 Å². The zero-order valence-corrected chi connectivity index (χ0v) is 15.1. The first kappa shape index (κ1) is 16.4. The molecular weight excluding hydrogens is 314 g/mol. The van der Waals surface area contributed by atoms with Crippen LogP contribution in [-0.2, 0) is 11.2 Å². The highest BCUT2D eigenvalue weighted by atomic mass is 16.5. The third-order valence-corrected chi connectivity index (χ3v) is 5.86. The van der Waals surface area contributed by atoms with Gasteiger partial charge >= 0.3 is 0 Å². The topological polar surface area (TPSA) is 59.2 Å². The van der Waals surface area contributed by atoms with Gasteiger partial charge in [0.2, 0.25) is 5.91 Å². The first-order chi connectivity index (χ1) is 12.0. The number of hydrogen-bond donors (Lipinski definition) is 1. The van der Waals surface area contributed by atoms with Crippen LogP contribution in [0, 0.1) is 11.1 Å². The van der Waals surface area contributed by atoms with E-state index < -0.39 is 0 Å². The van der Waals surface area contributed by atoms with E-state index in [4.69, 9.17) is 0 Å². The predicted molar refractivity (Wildman–Crippen MR) is 99.6 cm³/mol. The van der Waals surface area contributed by atoms with E-state index in [0.29, 0.717) is 19.6 Å². The Bertz CT molecular complexity index is 861. The molecule has 0 fully saturated rings. The number of hydroxylamine groups is 3. The van der Waals surface area contributed by atoms with Crippen LogP contribution < -0.4 is 0 Å². The summed E-state index contributed by atoms with van der Waals surface area (Å²) < 4.78 is -0.384. The number of amides is 1. The molecule has 132 valence electrons. The summed E-state index contributed by atoms with van der Waals surface area (Å²) in [6, 6.07) is 6.04. The van der Waals surface area contributed by atoms with E-state index in [9.17, 15) is 10.0 Å². The number of carbonyl (C=O) groups is 1. The van der Waals surface area contributed by atoms with Crippen molar-refractivity contribution in [3.05, 3.63) is 46.8 Å². The number of nitrogens with one attached hydrogen (secondary N) is 1. The standard InChI is InChI=1S/C20H25N3O2/c1-4-22(5-2)20(24)14-9-16-15-7-6-8-17-19(15)13(11-21-17)10-18(16)23(3,25)12-14/h6-9,11,14,18,21H,4-5,10,12H2,1-3H3/t14-,18-,23?/m1/s1. The van der Waals surface area contributed by atoms with Crippen molar-refractivity contribution >= 4 is 22.4 Å². The largest absolute Gasteiger partial charge is 0.633 e. The highest BCUT2D eigenvalue weighted by Gasteiger charge is 2.42. The molecule has 0 spiro atoms. The Morgan fingerprint density at radius 2 is 2.12 bits per heavy atom. The normalized spacial score (nSPS) is 27.8. The zero-order chi connectivity index (χ0) is 17.8. The first-order valence-corrected chi connectivity index (χ1v) is 9.12. The summed E-state index contributed by atoms with van der Waals surface area (Å²) in [5.74, 6) is -0.271. The van der Waals surface area contributed by atoms with Crippen LogP contribution in [0.15, 0.2) is 30.5 Å².